The standard InChI is InChI=1S/C49H36F4N4/c50-45-25-29(54)17-21-37(45)33-9-1-5-13-41(33)49(42-14-6-2-10-34(42)38-22-18-30(55)26-46(38)51,43-15-7-3-11-35(43)39-23-19-31(56)27-47(39)52)44-16-8-4-12-36(44)40-24-20-32(57)28-48(40)53/h1-28H,54-57H2. The number of rotatable bonds is 8. The van der Waals surface area contributed by atoms with Crippen molar-refractivity contribution in [2.75, 3.05) is 22.9 Å². The molecule has 57 heavy (non-hydrogen) atoms. The maximum atomic E-state index is 16.4. The molecule has 8 aromatic rings. The minimum Gasteiger partial charge on any atom is -0.399 e. The van der Waals surface area contributed by atoms with Crippen LogP contribution < -0.4 is 22.9 Å². The van der Waals surface area contributed by atoms with Gasteiger partial charge in [0, 0.05) is 45.0 Å². The third-order valence-electron chi connectivity index (χ3n) is 10.5. The van der Waals surface area contributed by atoms with Gasteiger partial charge in [0.15, 0.2) is 0 Å². The van der Waals surface area contributed by atoms with Crippen LogP contribution in [0.3, 0.4) is 0 Å². The predicted octanol–water partition coefficient (Wildman–Crippen LogP) is 11.6. The van der Waals surface area contributed by atoms with Gasteiger partial charge in [-0.3, -0.25) is 0 Å². The smallest absolute Gasteiger partial charge is 0.133 e. The van der Waals surface area contributed by atoms with Crippen LogP contribution in [0.2, 0.25) is 0 Å². The van der Waals surface area contributed by atoms with E-state index in [0.717, 1.165) is 0 Å². The van der Waals surface area contributed by atoms with Gasteiger partial charge in [-0.05, 0) is 117 Å². The van der Waals surface area contributed by atoms with Gasteiger partial charge in [-0.2, -0.15) is 0 Å². The van der Waals surface area contributed by atoms with Gasteiger partial charge in [0.2, 0.25) is 0 Å². The fraction of sp³-hybridized carbons (Fsp3) is 0.0204. The number of nitrogens with two attached hydrogens (primary N) is 4. The Morgan fingerprint density at radius 1 is 0.263 bits per heavy atom. The summed E-state index contributed by atoms with van der Waals surface area (Å²) in [5.74, 6) is -2.32. The Morgan fingerprint density at radius 2 is 0.474 bits per heavy atom. The summed E-state index contributed by atoms with van der Waals surface area (Å²) in [6, 6.07) is 47.0. The minimum atomic E-state index is -1.59. The minimum absolute atomic E-state index is 0.229. The fourth-order valence-electron chi connectivity index (χ4n) is 8.05. The summed E-state index contributed by atoms with van der Waals surface area (Å²) in [7, 11) is 0. The summed E-state index contributed by atoms with van der Waals surface area (Å²) in [4.78, 5) is 0. The topological polar surface area (TPSA) is 104 Å². The highest BCUT2D eigenvalue weighted by Crippen LogP contribution is 2.56. The van der Waals surface area contributed by atoms with Crippen molar-refractivity contribution >= 4 is 22.7 Å². The lowest BCUT2D eigenvalue weighted by Crippen LogP contribution is -2.34. The van der Waals surface area contributed by atoms with E-state index in [4.69, 9.17) is 22.9 Å². The molecule has 8 rings (SSSR count). The summed E-state index contributed by atoms with van der Waals surface area (Å²) in [5, 5.41) is 0. The van der Waals surface area contributed by atoms with E-state index in [1.54, 1.807) is 97.1 Å². The molecule has 8 heteroatoms. The Hall–Kier alpha value is -7.32. The molecule has 0 aliphatic carbocycles. The molecule has 0 bridgehead atoms. The normalized spacial score (nSPS) is 11.4. The number of nitrogen functional groups attached to an aromatic ring is 4. The molecule has 8 aromatic carbocycles. The highest BCUT2D eigenvalue weighted by molar-refractivity contribution is 5.88. The lowest BCUT2D eigenvalue weighted by Gasteiger charge is -2.42. The van der Waals surface area contributed by atoms with Gasteiger partial charge < -0.3 is 22.9 Å². The van der Waals surface area contributed by atoms with E-state index in [1.807, 2.05) is 48.5 Å². The molecular weight excluding hydrogens is 721 g/mol. The molecule has 0 atom stereocenters. The Kier molecular flexibility index (Phi) is 9.47. The molecule has 280 valence electrons. The summed E-state index contributed by atoms with van der Waals surface area (Å²) in [6.45, 7) is 0. The zero-order chi connectivity index (χ0) is 39.8. The highest BCUT2D eigenvalue weighted by atomic mass is 19.1. The van der Waals surface area contributed by atoms with Gasteiger partial charge in [-0.25, -0.2) is 17.6 Å². The van der Waals surface area contributed by atoms with Crippen LogP contribution in [0.5, 0.6) is 0 Å². The van der Waals surface area contributed by atoms with E-state index in [9.17, 15) is 0 Å². The van der Waals surface area contributed by atoms with Crippen LogP contribution in [0, 0.1) is 23.3 Å². The fourth-order valence-corrected chi connectivity index (χ4v) is 8.05. The SMILES string of the molecule is Nc1ccc(-c2ccccc2C(c2ccccc2-c2ccc(N)cc2F)(c2ccccc2-c2ccc(N)cc2F)c2ccccc2-c2ccc(N)cc2F)c(F)c1. The first-order valence-electron chi connectivity index (χ1n) is 18.2. The van der Waals surface area contributed by atoms with Crippen LogP contribution in [-0.4, -0.2) is 0 Å². The van der Waals surface area contributed by atoms with Crippen LogP contribution in [0.25, 0.3) is 44.5 Å². The van der Waals surface area contributed by atoms with Gasteiger partial charge in [-0.15, -0.1) is 0 Å². The number of benzene rings is 8. The maximum absolute atomic E-state index is 16.4. The lowest BCUT2D eigenvalue weighted by molar-refractivity contribution is 0.629. The lowest BCUT2D eigenvalue weighted by atomic mass is 9.59. The molecule has 8 N–H and O–H groups in total. The molecule has 0 saturated carbocycles. The van der Waals surface area contributed by atoms with Crippen molar-refractivity contribution in [3.63, 3.8) is 0 Å². The van der Waals surface area contributed by atoms with Gasteiger partial charge in [0.05, 0.1) is 5.41 Å². The molecule has 0 unspecified atom stereocenters. The van der Waals surface area contributed by atoms with Crippen LogP contribution in [0.1, 0.15) is 22.3 Å². The summed E-state index contributed by atoms with van der Waals surface area (Å²) < 4.78 is 65.4. The Balaban J connectivity index is 1.66. The zero-order valence-corrected chi connectivity index (χ0v) is 30.5. The van der Waals surface area contributed by atoms with E-state index in [0.29, 0.717) is 44.5 Å². The predicted molar refractivity (Wildman–Crippen MR) is 224 cm³/mol. The van der Waals surface area contributed by atoms with E-state index in [-0.39, 0.29) is 45.0 Å². The van der Waals surface area contributed by atoms with Crippen molar-refractivity contribution in [1.29, 1.82) is 0 Å². The van der Waals surface area contributed by atoms with Crippen molar-refractivity contribution in [2.24, 2.45) is 0 Å². The molecule has 0 aliphatic rings. The van der Waals surface area contributed by atoms with Gasteiger partial charge in [-0.1, -0.05) is 97.1 Å². The van der Waals surface area contributed by atoms with Crippen LogP contribution in [-0.2, 0) is 5.41 Å². The molecule has 0 fully saturated rings. The highest BCUT2D eigenvalue weighted by Gasteiger charge is 2.45. The average Bonchev–Trinajstić information content (AvgIpc) is 3.19. The van der Waals surface area contributed by atoms with Crippen molar-refractivity contribution < 1.29 is 17.6 Å². The van der Waals surface area contributed by atoms with Crippen molar-refractivity contribution in [3.8, 4) is 44.5 Å². The van der Waals surface area contributed by atoms with Gasteiger partial charge in [0.25, 0.3) is 0 Å². The summed E-state index contributed by atoms with van der Waals surface area (Å²) >= 11 is 0. The molecular formula is C49H36F4N4. The molecule has 0 amide bonds. The molecule has 0 saturated heterocycles. The molecule has 0 radical (unpaired) electrons. The number of hydrogen-bond donors (Lipinski definition) is 4. The third kappa shape index (κ3) is 6.41. The number of anilines is 4. The Labute approximate surface area is 327 Å². The largest absolute Gasteiger partial charge is 0.399 e. The van der Waals surface area contributed by atoms with Crippen molar-refractivity contribution in [2.45, 2.75) is 5.41 Å². The summed E-state index contributed by atoms with van der Waals surface area (Å²) in [6.07, 6.45) is 0. The summed E-state index contributed by atoms with van der Waals surface area (Å²) in [5.41, 5.74) is 28.5. The molecule has 0 spiro atoms. The van der Waals surface area contributed by atoms with Gasteiger partial charge in [0.1, 0.15) is 23.3 Å². The average molecular weight is 757 g/mol. The first-order chi connectivity index (χ1) is 27.6. The van der Waals surface area contributed by atoms with Crippen molar-refractivity contribution in [3.05, 3.63) is 215 Å². The van der Waals surface area contributed by atoms with E-state index < -0.39 is 28.7 Å². The second-order valence-electron chi connectivity index (χ2n) is 13.9. The number of halogens is 4. The first-order valence-corrected chi connectivity index (χ1v) is 18.2. The molecule has 0 aliphatic heterocycles. The van der Waals surface area contributed by atoms with Crippen LogP contribution in [0.4, 0.5) is 40.3 Å². The number of hydrogen-bond acceptors (Lipinski definition) is 4. The monoisotopic (exact) mass is 756 g/mol. The molecule has 4 nitrogen and oxygen atoms in total. The van der Waals surface area contributed by atoms with E-state index in [2.05, 4.69) is 0 Å². The van der Waals surface area contributed by atoms with Crippen LogP contribution in [0.15, 0.2) is 170 Å². The Morgan fingerprint density at radius 3 is 0.684 bits per heavy atom. The second kappa shape index (κ2) is 14.7. The molecule has 0 heterocycles. The molecule has 0 aromatic heterocycles. The maximum Gasteiger partial charge on any atom is 0.133 e. The van der Waals surface area contributed by atoms with E-state index >= 15 is 17.6 Å². The van der Waals surface area contributed by atoms with Crippen molar-refractivity contribution in [1.82, 2.24) is 0 Å². The zero-order valence-electron chi connectivity index (χ0n) is 30.5. The second-order valence-corrected chi connectivity index (χ2v) is 13.9. The third-order valence-corrected chi connectivity index (χ3v) is 10.5. The quantitative estimate of drug-likeness (QED) is 0.0704. The first kappa shape index (κ1) is 36.6. The van der Waals surface area contributed by atoms with Crippen LogP contribution >= 0.6 is 0 Å². The van der Waals surface area contributed by atoms with E-state index in [1.165, 1.54) is 24.3 Å². The Bertz CT molecular complexity index is 2430. The van der Waals surface area contributed by atoms with Gasteiger partial charge >= 0.3 is 0 Å².